The Labute approximate surface area is 161 Å². The summed E-state index contributed by atoms with van der Waals surface area (Å²) < 4.78 is 11.8. The Morgan fingerprint density at radius 2 is 1.32 bits per heavy atom. The molecule has 0 aliphatic heterocycles. The van der Waals surface area contributed by atoms with Gasteiger partial charge in [0.25, 0.3) is 11.8 Å². The summed E-state index contributed by atoms with van der Waals surface area (Å²) in [5.41, 5.74) is 2.82. The van der Waals surface area contributed by atoms with Crippen molar-refractivity contribution >= 4 is 16.7 Å². The van der Waals surface area contributed by atoms with Crippen molar-refractivity contribution < 1.29 is 9.47 Å². The zero-order valence-electron chi connectivity index (χ0n) is 15.4. The number of aryl methyl sites for hydroxylation is 1. The van der Waals surface area contributed by atoms with Crippen molar-refractivity contribution in [2.75, 3.05) is 0 Å². The molecule has 4 rings (SSSR count). The fourth-order valence-electron chi connectivity index (χ4n) is 2.81. The molecule has 0 atom stereocenters. The molecule has 0 amide bonds. The minimum Gasteiger partial charge on any atom is -0.435 e. The molecule has 1 aromatic heterocycles. The average molecular weight is 371 g/mol. The fraction of sp³-hybridized carbons (Fsp3) is 0.0909. The molecule has 4 aromatic rings. The second kappa shape index (κ2) is 7.44. The van der Waals surface area contributed by atoms with Crippen LogP contribution >= 0.6 is 0 Å². The summed E-state index contributed by atoms with van der Waals surface area (Å²) in [4.78, 5) is 20.6. The molecule has 6 heteroatoms. The molecule has 3 aromatic carbocycles. The van der Waals surface area contributed by atoms with Crippen molar-refractivity contribution in [3.63, 3.8) is 0 Å². The third-order valence-corrected chi connectivity index (χ3v) is 4.39. The molecule has 0 spiro atoms. The van der Waals surface area contributed by atoms with Crippen LogP contribution in [0.15, 0.2) is 71.9 Å². The lowest BCUT2D eigenvalue weighted by Crippen LogP contribution is -1.99. The minimum absolute atomic E-state index is 0.163. The Kier molecular flexibility index (Phi) is 4.68. The molecule has 138 valence electrons. The molecule has 0 bridgehead atoms. The summed E-state index contributed by atoms with van der Waals surface area (Å²) >= 11 is 0. The molecule has 6 nitrogen and oxygen atoms in total. The molecule has 0 radical (unpaired) electrons. The normalized spacial score (nSPS) is 10.6. The van der Waals surface area contributed by atoms with Crippen molar-refractivity contribution in [1.29, 1.82) is 0 Å². The smallest absolute Gasteiger partial charge is 0.284 e. The first-order chi connectivity index (χ1) is 13.7. The van der Waals surface area contributed by atoms with Crippen LogP contribution in [-0.4, -0.2) is 9.97 Å². The number of aromatic nitrogens is 2. The number of para-hydroxylation sites is 2. The van der Waals surface area contributed by atoms with Crippen LogP contribution in [0.2, 0.25) is 0 Å². The van der Waals surface area contributed by atoms with E-state index in [0.717, 1.165) is 11.1 Å². The van der Waals surface area contributed by atoms with Crippen molar-refractivity contribution in [3.8, 4) is 23.3 Å². The van der Waals surface area contributed by atoms with Crippen LogP contribution in [0, 0.1) is 18.8 Å². The molecule has 28 heavy (non-hydrogen) atoms. The van der Waals surface area contributed by atoms with Crippen molar-refractivity contribution in [1.82, 2.24) is 9.97 Å². The maximum absolute atomic E-state index is 11.4. The summed E-state index contributed by atoms with van der Waals surface area (Å²) in [5.74, 6) is 1.56. The summed E-state index contributed by atoms with van der Waals surface area (Å²) in [6.45, 7) is 3.73. The first kappa shape index (κ1) is 17.6. The number of nitroso groups, excluding NO2 is 1. The van der Waals surface area contributed by atoms with Gasteiger partial charge in [-0.2, -0.15) is 0 Å². The molecule has 0 aliphatic carbocycles. The molecule has 0 saturated carbocycles. The number of nitrogens with zero attached hydrogens (tertiary/aromatic N) is 3. The number of fused-ring (bicyclic) bond motifs is 1. The Balaban J connectivity index is 1.90. The van der Waals surface area contributed by atoms with E-state index in [1.807, 2.05) is 68.4 Å². The van der Waals surface area contributed by atoms with Crippen LogP contribution in [0.25, 0.3) is 11.0 Å². The van der Waals surface area contributed by atoms with Crippen LogP contribution < -0.4 is 9.47 Å². The Hall–Kier alpha value is -3.80. The first-order valence-corrected chi connectivity index (χ1v) is 8.77. The van der Waals surface area contributed by atoms with Crippen molar-refractivity contribution in [2.24, 2.45) is 5.18 Å². The highest BCUT2D eigenvalue weighted by Gasteiger charge is 2.18. The summed E-state index contributed by atoms with van der Waals surface area (Å²) in [6, 6.07) is 20.3. The zero-order valence-corrected chi connectivity index (χ0v) is 15.4. The highest BCUT2D eigenvalue weighted by molar-refractivity contribution is 5.89. The molecular formula is C22H17N3O3. The summed E-state index contributed by atoms with van der Waals surface area (Å²) in [7, 11) is 0. The number of ether oxygens (including phenoxy) is 2. The molecule has 1 heterocycles. The van der Waals surface area contributed by atoms with Crippen LogP contribution in [0.1, 0.15) is 11.1 Å². The second-order valence-electron chi connectivity index (χ2n) is 6.29. The van der Waals surface area contributed by atoms with E-state index in [4.69, 9.17) is 9.47 Å². The SMILES string of the molecule is Cc1cc2nc(Oc3ccccc3)c(Oc3ccccc3)nc2c(N=O)c1C. The van der Waals surface area contributed by atoms with Crippen LogP contribution in [0.3, 0.4) is 0 Å². The molecule has 0 saturated heterocycles. The number of benzene rings is 3. The monoisotopic (exact) mass is 371 g/mol. The maximum Gasteiger partial charge on any atom is 0.284 e. The Morgan fingerprint density at radius 1 is 0.786 bits per heavy atom. The molecule has 0 N–H and O–H groups in total. The van der Waals surface area contributed by atoms with E-state index in [2.05, 4.69) is 15.1 Å². The molecule has 0 fully saturated rings. The van der Waals surface area contributed by atoms with Gasteiger partial charge in [-0.05, 0) is 60.5 Å². The fourth-order valence-corrected chi connectivity index (χ4v) is 2.81. The van der Waals surface area contributed by atoms with E-state index >= 15 is 0 Å². The molecule has 0 aliphatic rings. The Morgan fingerprint density at radius 3 is 1.86 bits per heavy atom. The van der Waals surface area contributed by atoms with Crippen LogP contribution in [-0.2, 0) is 0 Å². The third kappa shape index (κ3) is 3.40. The van der Waals surface area contributed by atoms with Gasteiger partial charge < -0.3 is 9.47 Å². The maximum atomic E-state index is 11.4. The van der Waals surface area contributed by atoms with Gasteiger partial charge in [-0.15, -0.1) is 4.91 Å². The largest absolute Gasteiger partial charge is 0.435 e. The number of hydrogen-bond acceptors (Lipinski definition) is 6. The minimum atomic E-state index is 0.163. The van der Waals surface area contributed by atoms with E-state index in [1.165, 1.54) is 0 Å². The van der Waals surface area contributed by atoms with E-state index in [1.54, 1.807) is 12.1 Å². The van der Waals surface area contributed by atoms with Gasteiger partial charge in [0.2, 0.25) is 0 Å². The third-order valence-electron chi connectivity index (χ3n) is 4.39. The second-order valence-corrected chi connectivity index (χ2v) is 6.29. The lowest BCUT2D eigenvalue weighted by atomic mass is 10.1. The van der Waals surface area contributed by atoms with E-state index in [9.17, 15) is 4.91 Å². The molecular weight excluding hydrogens is 354 g/mol. The molecule has 0 unspecified atom stereocenters. The van der Waals surface area contributed by atoms with Crippen LogP contribution in [0.4, 0.5) is 5.69 Å². The highest BCUT2D eigenvalue weighted by atomic mass is 16.5. The lowest BCUT2D eigenvalue weighted by Gasteiger charge is -2.13. The number of rotatable bonds is 5. The van der Waals surface area contributed by atoms with Gasteiger partial charge in [0, 0.05) is 0 Å². The van der Waals surface area contributed by atoms with Crippen molar-refractivity contribution in [3.05, 3.63) is 82.8 Å². The topological polar surface area (TPSA) is 73.7 Å². The summed E-state index contributed by atoms with van der Waals surface area (Å²) in [5, 5.41) is 3.17. The highest BCUT2D eigenvalue weighted by Crippen LogP contribution is 2.37. The quantitative estimate of drug-likeness (QED) is 0.389. The standard InChI is InChI=1S/C22H17N3O3/c1-14-13-18-20(19(25-26)15(14)2)24-22(28-17-11-7-4-8-12-17)21(23-18)27-16-9-5-3-6-10-16/h3-13H,1-2H3. The van der Waals surface area contributed by atoms with Gasteiger partial charge >= 0.3 is 0 Å². The van der Waals surface area contributed by atoms with E-state index in [-0.39, 0.29) is 17.4 Å². The first-order valence-electron chi connectivity index (χ1n) is 8.77. The summed E-state index contributed by atoms with van der Waals surface area (Å²) in [6.07, 6.45) is 0. The van der Waals surface area contributed by atoms with Gasteiger partial charge in [-0.1, -0.05) is 36.4 Å². The number of hydrogen-bond donors (Lipinski definition) is 0. The van der Waals surface area contributed by atoms with Gasteiger partial charge in [0.05, 0.1) is 5.52 Å². The van der Waals surface area contributed by atoms with Gasteiger partial charge in [0.1, 0.15) is 22.7 Å². The zero-order chi connectivity index (χ0) is 19.5. The van der Waals surface area contributed by atoms with Crippen LogP contribution in [0.5, 0.6) is 23.3 Å². The Bertz CT molecular complexity index is 1150. The van der Waals surface area contributed by atoms with E-state index in [0.29, 0.717) is 22.5 Å². The lowest BCUT2D eigenvalue weighted by molar-refractivity contribution is 0.395. The van der Waals surface area contributed by atoms with Gasteiger partial charge in [0.15, 0.2) is 0 Å². The average Bonchev–Trinajstić information content (AvgIpc) is 2.72. The van der Waals surface area contributed by atoms with Gasteiger partial charge in [-0.3, -0.25) is 0 Å². The van der Waals surface area contributed by atoms with E-state index < -0.39 is 0 Å². The van der Waals surface area contributed by atoms with Gasteiger partial charge in [-0.25, -0.2) is 9.97 Å². The predicted molar refractivity (Wildman–Crippen MR) is 107 cm³/mol. The predicted octanol–water partition coefficient (Wildman–Crippen LogP) is 6.23. The van der Waals surface area contributed by atoms with Crippen molar-refractivity contribution in [2.45, 2.75) is 13.8 Å².